The minimum Gasteiger partial charge on any atom is -0.378 e. The second-order valence-electron chi connectivity index (χ2n) is 6.77. The van der Waals surface area contributed by atoms with Crippen molar-refractivity contribution >= 4 is 5.91 Å². The van der Waals surface area contributed by atoms with Crippen molar-refractivity contribution in [1.82, 2.24) is 15.5 Å². The lowest BCUT2D eigenvalue weighted by Crippen LogP contribution is -2.68. The van der Waals surface area contributed by atoms with Crippen LogP contribution >= 0.6 is 0 Å². The topological polar surface area (TPSA) is 67.0 Å². The third-order valence-corrected chi connectivity index (χ3v) is 5.61. The second kappa shape index (κ2) is 4.32. The average molecular weight is 277 g/mol. The molecule has 110 valence electrons. The zero-order chi connectivity index (χ0) is 14.5. The summed E-state index contributed by atoms with van der Waals surface area (Å²) in [6.45, 7) is 6.38. The highest BCUT2D eigenvalue weighted by molar-refractivity contribution is 5.94. The van der Waals surface area contributed by atoms with E-state index in [-0.39, 0.29) is 23.0 Å². The minimum absolute atomic E-state index is 0.0550. The van der Waals surface area contributed by atoms with Crippen LogP contribution in [0.4, 0.5) is 0 Å². The number of amides is 1. The van der Waals surface area contributed by atoms with Crippen LogP contribution in [-0.4, -0.2) is 34.9 Å². The third kappa shape index (κ3) is 1.72. The lowest BCUT2D eigenvalue weighted by molar-refractivity contribution is -0.177. The van der Waals surface area contributed by atoms with Crippen molar-refractivity contribution in [3.63, 3.8) is 0 Å². The Labute approximate surface area is 119 Å². The Morgan fingerprint density at radius 1 is 1.40 bits per heavy atom. The Morgan fingerprint density at radius 3 is 2.80 bits per heavy atom. The molecule has 2 aliphatic rings. The fourth-order valence-electron chi connectivity index (χ4n) is 3.46. The van der Waals surface area contributed by atoms with Crippen LogP contribution in [0.5, 0.6) is 0 Å². The van der Waals surface area contributed by atoms with Crippen LogP contribution in [0.2, 0.25) is 0 Å². The summed E-state index contributed by atoms with van der Waals surface area (Å²) in [5, 5.41) is 10.3. The van der Waals surface area contributed by atoms with Gasteiger partial charge in [0.1, 0.15) is 0 Å². The molecule has 2 N–H and O–H groups in total. The minimum atomic E-state index is -0.168. The SMILES string of the molecule is CO[C@]1(C)C[C@@H](NC(=O)c2n[nH]c3c2CCC3)C1(C)C. The lowest BCUT2D eigenvalue weighted by Gasteiger charge is -2.59. The molecule has 1 fully saturated rings. The van der Waals surface area contributed by atoms with E-state index in [0.29, 0.717) is 5.69 Å². The average Bonchev–Trinajstić information content (AvgIpc) is 2.99. The standard InChI is InChI=1S/C15H23N3O2/c1-14(2)11(8-15(14,3)20-4)16-13(19)12-9-6-5-7-10(9)17-18-12/h11H,5-8H2,1-4H3,(H,16,19)(H,17,18)/t11-,15-/m1/s1. The molecule has 0 unspecified atom stereocenters. The number of aryl methyl sites for hydroxylation is 1. The molecule has 5 heteroatoms. The highest BCUT2D eigenvalue weighted by atomic mass is 16.5. The van der Waals surface area contributed by atoms with Gasteiger partial charge in [0.15, 0.2) is 5.69 Å². The van der Waals surface area contributed by atoms with Crippen LogP contribution in [0.1, 0.15) is 55.4 Å². The number of hydrogen-bond acceptors (Lipinski definition) is 3. The zero-order valence-electron chi connectivity index (χ0n) is 12.7. The quantitative estimate of drug-likeness (QED) is 0.885. The van der Waals surface area contributed by atoms with Gasteiger partial charge in [-0.2, -0.15) is 5.10 Å². The summed E-state index contributed by atoms with van der Waals surface area (Å²) >= 11 is 0. The van der Waals surface area contributed by atoms with Crippen molar-refractivity contribution in [3.05, 3.63) is 17.0 Å². The van der Waals surface area contributed by atoms with Gasteiger partial charge >= 0.3 is 0 Å². The van der Waals surface area contributed by atoms with Gasteiger partial charge in [0.2, 0.25) is 0 Å². The number of ether oxygens (including phenoxy) is 1. The lowest BCUT2D eigenvalue weighted by atomic mass is 9.56. The molecule has 0 saturated heterocycles. The number of nitrogens with zero attached hydrogens (tertiary/aromatic N) is 1. The second-order valence-corrected chi connectivity index (χ2v) is 6.77. The molecule has 0 bridgehead atoms. The van der Waals surface area contributed by atoms with Crippen molar-refractivity contribution in [2.24, 2.45) is 5.41 Å². The smallest absolute Gasteiger partial charge is 0.272 e. The van der Waals surface area contributed by atoms with E-state index in [4.69, 9.17) is 4.74 Å². The molecule has 3 rings (SSSR count). The molecule has 2 aliphatic carbocycles. The summed E-state index contributed by atoms with van der Waals surface area (Å²) in [7, 11) is 1.74. The molecule has 1 heterocycles. The summed E-state index contributed by atoms with van der Waals surface area (Å²) < 4.78 is 5.59. The molecule has 1 aromatic rings. The molecule has 1 aromatic heterocycles. The van der Waals surface area contributed by atoms with Crippen LogP contribution < -0.4 is 5.32 Å². The van der Waals surface area contributed by atoms with E-state index in [1.54, 1.807) is 7.11 Å². The van der Waals surface area contributed by atoms with E-state index in [1.807, 2.05) is 0 Å². The van der Waals surface area contributed by atoms with Crippen molar-refractivity contribution in [2.75, 3.05) is 7.11 Å². The van der Waals surface area contributed by atoms with E-state index in [2.05, 4.69) is 36.3 Å². The zero-order valence-corrected chi connectivity index (χ0v) is 12.7. The van der Waals surface area contributed by atoms with Crippen LogP contribution in [0.15, 0.2) is 0 Å². The molecule has 1 saturated carbocycles. The first-order valence-electron chi connectivity index (χ1n) is 7.31. The van der Waals surface area contributed by atoms with Crippen molar-refractivity contribution in [1.29, 1.82) is 0 Å². The van der Waals surface area contributed by atoms with Gasteiger partial charge in [0, 0.05) is 29.8 Å². The maximum atomic E-state index is 12.4. The maximum Gasteiger partial charge on any atom is 0.272 e. The predicted molar refractivity (Wildman–Crippen MR) is 75.7 cm³/mol. The highest BCUT2D eigenvalue weighted by Gasteiger charge is 2.58. The number of rotatable bonds is 3. The molecule has 0 aromatic carbocycles. The maximum absolute atomic E-state index is 12.4. The largest absolute Gasteiger partial charge is 0.378 e. The number of nitrogens with one attached hydrogen (secondary N) is 2. The number of hydrogen-bond donors (Lipinski definition) is 2. The Bertz CT molecular complexity index is 549. The van der Waals surface area contributed by atoms with Gasteiger partial charge in [-0.15, -0.1) is 0 Å². The van der Waals surface area contributed by atoms with Gasteiger partial charge in [0.25, 0.3) is 5.91 Å². The van der Waals surface area contributed by atoms with Crippen LogP contribution in [0, 0.1) is 5.41 Å². The van der Waals surface area contributed by atoms with Crippen molar-refractivity contribution < 1.29 is 9.53 Å². The summed E-state index contributed by atoms with van der Waals surface area (Å²) in [5.74, 6) is -0.0550. The van der Waals surface area contributed by atoms with Gasteiger partial charge in [-0.1, -0.05) is 13.8 Å². The number of fused-ring (bicyclic) bond motifs is 1. The first-order chi connectivity index (χ1) is 9.39. The molecule has 0 aliphatic heterocycles. The summed E-state index contributed by atoms with van der Waals surface area (Å²) in [6, 6.07) is 0.133. The summed E-state index contributed by atoms with van der Waals surface area (Å²) in [4.78, 5) is 12.4. The van der Waals surface area contributed by atoms with Gasteiger partial charge in [0.05, 0.1) is 5.60 Å². The molecule has 0 spiro atoms. The molecule has 0 radical (unpaired) electrons. The van der Waals surface area contributed by atoms with Crippen molar-refractivity contribution in [3.8, 4) is 0 Å². The monoisotopic (exact) mass is 277 g/mol. The molecule has 1 amide bonds. The van der Waals surface area contributed by atoms with Crippen LogP contribution in [0.3, 0.4) is 0 Å². The number of carbonyl (C=O) groups excluding carboxylic acids is 1. The van der Waals surface area contributed by atoms with E-state index in [0.717, 1.165) is 36.9 Å². The summed E-state index contributed by atoms with van der Waals surface area (Å²) in [6.07, 6.45) is 3.92. The Kier molecular flexibility index (Phi) is 2.94. The van der Waals surface area contributed by atoms with Crippen molar-refractivity contribution in [2.45, 2.75) is 58.1 Å². The predicted octanol–water partition coefficient (Wildman–Crippen LogP) is 1.83. The fraction of sp³-hybridized carbons (Fsp3) is 0.733. The molecule has 20 heavy (non-hydrogen) atoms. The molecular weight excluding hydrogens is 254 g/mol. The van der Waals surface area contributed by atoms with E-state index >= 15 is 0 Å². The third-order valence-electron chi connectivity index (χ3n) is 5.61. The Morgan fingerprint density at radius 2 is 2.15 bits per heavy atom. The molecule has 2 atom stereocenters. The normalized spacial score (nSPS) is 30.7. The van der Waals surface area contributed by atoms with Gasteiger partial charge in [-0.05, 0) is 32.6 Å². The van der Waals surface area contributed by atoms with Gasteiger partial charge < -0.3 is 10.1 Å². The number of methoxy groups -OCH3 is 1. The van der Waals surface area contributed by atoms with Crippen LogP contribution in [-0.2, 0) is 17.6 Å². The first kappa shape index (κ1) is 13.6. The Hall–Kier alpha value is -1.36. The molecule has 5 nitrogen and oxygen atoms in total. The number of aromatic amines is 1. The fourth-order valence-corrected chi connectivity index (χ4v) is 3.46. The number of H-pyrrole nitrogens is 1. The van der Waals surface area contributed by atoms with E-state index in [1.165, 1.54) is 0 Å². The Balaban J connectivity index is 1.72. The molecular formula is C15H23N3O2. The van der Waals surface area contributed by atoms with Gasteiger partial charge in [-0.25, -0.2) is 0 Å². The first-order valence-corrected chi connectivity index (χ1v) is 7.31. The van der Waals surface area contributed by atoms with E-state index in [9.17, 15) is 4.79 Å². The summed E-state index contributed by atoms with van der Waals surface area (Å²) in [5.41, 5.74) is 2.58. The van der Waals surface area contributed by atoms with Crippen LogP contribution in [0.25, 0.3) is 0 Å². The number of aromatic nitrogens is 2. The highest BCUT2D eigenvalue weighted by Crippen LogP contribution is 2.51. The number of carbonyl (C=O) groups is 1. The van der Waals surface area contributed by atoms with E-state index < -0.39 is 0 Å². The van der Waals surface area contributed by atoms with Gasteiger partial charge in [-0.3, -0.25) is 9.89 Å².